The van der Waals surface area contributed by atoms with Crippen molar-refractivity contribution in [2.75, 3.05) is 31.4 Å². The summed E-state index contributed by atoms with van der Waals surface area (Å²) < 4.78 is 10.8. The Bertz CT molecular complexity index is 574. The molecule has 1 amide bonds. The number of amides is 1. The lowest BCUT2D eigenvalue weighted by Crippen LogP contribution is -2.34. The summed E-state index contributed by atoms with van der Waals surface area (Å²) in [7, 11) is 0. The zero-order valence-corrected chi connectivity index (χ0v) is 13.2. The van der Waals surface area contributed by atoms with Gasteiger partial charge in [-0.3, -0.25) is 4.79 Å². The summed E-state index contributed by atoms with van der Waals surface area (Å²) in [5.41, 5.74) is 6.95. The highest BCUT2D eigenvalue weighted by Crippen LogP contribution is 2.37. The van der Waals surface area contributed by atoms with Crippen LogP contribution in [0.15, 0.2) is 12.1 Å². The minimum Gasteiger partial charge on any atom is -0.454 e. The molecule has 0 unspecified atom stereocenters. The van der Waals surface area contributed by atoms with E-state index in [0.717, 1.165) is 25.3 Å². The first kappa shape index (κ1) is 14.4. The van der Waals surface area contributed by atoms with Crippen molar-refractivity contribution in [2.24, 2.45) is 0 Å². The molecule has 1 saturated heterocycles. The highest BCUT2D eigenvalue weighted by atomic mass is 32.2. The topological polar surface area (TPSA) is 64.8 Å². The quantitative estimate of drug-likeness (QED) is 0.807. The molecule has 114 valence electrons. The van der Waals surface area contributed by atoms with E-state index < -0.39 is 0 Å². The number of nitrogens with two attached hydrogens (primary N) is 1. The second-order valence-corrected chi connectivity index (χ2v) is 7.75. The fraction of sp³-hybridized carbons (Fsp3) is 0.533. The van der Waals surface area contributed by atoms with Gasteiger partial charge in [-0.1, -0.05) is 13.8 Å². The molecule has 2 aliphatic rings. The zero-order chi connectivity index (χ0) is 15.0. The minimum absolute atomic E-state index is 0.0240. The SMILES string of the molecule is CC1(C)CCN(C(=O)c2cc3c(cc2N)OCO3)CCS1. The molecule has 0 aromatic heterocycles. The van der Waals surface area contributed by atoms with Crippen molar-refractivity contribution in [3.8, 4) is 11.5 Å². The number of ether oxygens (including phenoxy) is 2. The van der Waals surface area contributed by atoms with E-state index in [1.807, 2.05) is 16.7 Å². The maximum atomic E-state index is 12.7. The van der Waals surface area contributed by atoms with Gasteiger partial charge in [0.2, 0.25) is 6.79 Å². The van der Waals surface area contributed by atoms with Crippen molar-refractivity contribution in [1.29, 1.82) is 0 Å². The zero-order valence-electron chi connectivity index (χ0n) is 12.3. The molecule has 5 nitrogen and oxygen atoms in total. The van der Waals surface area contributed by atoms with E-state index in [4.69, 9.17) is 15.2 Å². The van der Waals surface area contributed by atoms with Crippen LogP contribution in [-0.2, 0) is 0 Å². The van der Waals surface area contributed by atoms with Crippen LogP contribution in [0.5, 0.6) is 11.5 Å². The Kier molecular flexibility index (Phi) is 3.65. The Balaban J connectivity index is 1.82. The predicted molar refractivity (Wildman–Crippen MR) is 84.0 cm³/mol. The number of nitrogens with zero attached hydrogens (tertiary/aromatic N) is 1. The van der Waals surface area contributed by atoms with Crippen LogP contribution in [-0.4, -0.2) is 41.2 Å². The number of anilines is 1. The van der Waals surface area contributed by atoms with Crippen LogP contribution >= 0.6 is 11.8 Å². The number of benzene rings is 1. The Morgan fingerprint density at radius 1 is 1.29 bits per heavy atom. The van der Waals surface area contributed by atoms with E-state index in [-0.39, 0.29) is 17.4 Å². The van der Waals surface area contributed by atoms with Crippen LogP contribution in [0.2, 0.25) is 0 Å². The Labute approximate surface area is 128 Å². The first-order valence-corrected chi connectivity index (χ1v) is 8.07. The Morgan fingerprint density at radius 3 is 2.76 bits per heavy atom. The van der Waals surface area contributed by atoms with Crippen LogP contribution in [0.3, 0.4) is 0 Å². The van der Waals surface area contributed by atoms with Crippen LogP contribution in [0, 0.1) is 0 Å². The van der Waals surface area contributed by atoms with Gasteiger partial charge in [-0.05, 0) is 12.5 Å². The van der Waals surface area contributed by atoms with Gasteiger partial charge in [-0.15, -0.1) is 0 Å². The summed E-state index contributed by atoms with van der Waals surface area (Å²) in [5, 5.41) is 0. The molecule has 0 spiro atoms. The molecule has 6 heteroatoms. The van der Waals surface area contributed by atoms with Gasteiger partial charge in [0, 0.05) is 35.3 Å². The molecule has 0 bridgehead atoms. The molecule has 1 aromatic rings. The molecule has 0 saturated carbocycles. The van der Waals surface area contributed by atoms with Crippen molar-refractivity contribution in [3.05, 3.63) is 17.7 Å². The number of hydrogen-bond donors (Lipinski definition) is 1. The molecule has 21 heavy (non-hydrogen) atoms. The summed E-state index contributed by atoms with van der Waals surface area (Å²) in [4.78, 5) is 14.6. The molecular formula is C15H20N2O3S. The molecule has 1 aromatic carbocycles. The van der Waals surface area contributed by atoms with Crippen LogP contribution in [0.25, 0.3) is 0 Å². The largest absolute Gasteiger partial charge is 0.454 e. The summed E-state index contributed by atoms with van der Waals surface area (Å²) >= 11 is 1.91. The standard InChI is InChI=1S/C15H20N2O3S/c1-15(2)3-4-17(5-6-21-15)14(18)10-7-12-13(8-11(10)16)20-9-19-12/h7-8H,3-6,9,16H2,1-2H3. The normalized spacial score (nSPS) is 20.2. The number of carbonyl (C=O) groups excluding carboxylic acids is 1. The Hall–Kier alpha value is -1.56. The number of carbonyl (C=O) groups is 1. The molecular weight excluding hydrogens is 288 g/mol. The van der Waals surface area contributed by atoms with Crippen molar-refractivity contribution in [1.82, 2.24) is 4.90 Å². The van der Waals surface area contributed by atoms with Gasteiger partial charge >= 0.3 is 0 Å². The number of hydrogen-bond acceptors (Lipinski definition) is 5. The van der Waals surface area contributed by atoms with Gasteiger partial charge < -0.3 is 20.1 Å². The summed E-state index contributed by atoms with van der Waals surface area (Å²) in [6.45, 7) is 6.13. The van der Waals surface area contributed by atoms with E-state index in [1.54, 1.807) is 12.1 Å². The molecule has 0 radical (unpaired) electrons. The predicted octanol–water partition coefficient (Wildman–Crippen LogP) is 2.36. The van der Waals surface area contributed by atoms with E-state index in [9.17, 15) is 4.79 Å². The van der Waals surface area contributed by atoms with Gasteiger partial charge in [-0.25, -0.2) is 0 Å². The van der Waals surface area contributed by atoms with E-state index >= 15 is 0 Å². The Morgan fingerprint density at radius 2 is 2.00 bits per heavy atom. The maximum Gasteiger partial charge on any atom is 0.256 e. The number of thioether (sulfide) groups is 1. The monoisotopic (exact) mass is 308 g/mol. The molecule has 2 aliphatic heterocycles. The smallest absolute Gasteiger partial charge is 0.256 e. The lowest BCUT2D eigenvalue weighted by Gasteiger charge is -2.23. The highest BCUT2D eigenvalue weighted by molar-refractivity contribution is 8.00. The number of nitrogen functional groups attached to an aromatic ring is 1. The number of fused-ring (bicyclic) bond motifs is 1. The molecule has 0 aliphatic carbocycles. The molecule has 1 fully saturated rings. The highest BCUT2D eigenvalue weighted by Gasteiger charge is 2.28. The van der Waals surface area contributed by atoms with E-state index in [0.29, 0.717) is 22.7 Å². The molecule has 0 atom stereocenters. The van der Waals surface area contributed by atoms with Crippen LogP contribution < -0.4 is 15.2 Å². The summed E-state index contributed by atoms with van der Waals surface area (Å²) in [5.74, 6) is 2.13. The summed E-state index contributed by atoms with van der Waals surface area (Å²) in [6, 6.07) is 3.37. The third-order valence-electron chi connectivity index (χ3n) is 3.90. The second-order valence-electron chi connectivity index (χ2n) is 5.94. The van der Waals surface area contributed by atoms with Crippen LogP contribution in [0.4, 0.5) is 5.69 Å². The van der Waals surface area contributed by atoms with Crippen molar-refractivity contribution in [3.63, 3.8) is 0 Å². The molecule has 2 N–H and O–H groups in total. The number of rotatable bonds is 1. The average molecular weight is 308 g/mol. The van der Waals surface area contributed by atoms with Gasteiger partial charge in [-0.2, -0.15) is 11.8 Å². The van der Waals surface area contributed by atoms with Gasteiger partial charge in [0.1, 0.15) is 0 Å². The first-order chi connectivity index (χ1) is 9.96. The lowest BCUT2D eigenvalue weighted by molar-refractivity contribution is 0.0765. The third-order valence-corrected chi connectivity index (χ3v) is 5.27. The summed E-state index contributed by atoms with van der Waals surface area (Å²) in [6.07, 6.45) is 0.980. The van der Waals surface area contributed by atoms with Gasteiger partial charge in [0.25, 0.3) is 5.91 Å². The maximum absolute atomic E-state index is 12.7. The van der Waals surface area contributed by atoms with Crippen molar-refractivity contribution >= 4 is 23.4 Å². The fourth-order valence-electron chi connectivity index (χ4n) is 2.54. The third kappa shape index (κ3) is 2.90. The fourth-order valence-corrected chi connectivity index (χ4v) is 3.64. The minimum atomic E-state index is -0.0240. The van der Waals surface area contributed by atoms with Gasteiger partial charge in [0.05, 0.1) is 5.56 Å². The van der Waals surface area contributed by atoms with E-state index in [1.165, 1.54) is 0 Å². The van der Waals surface area contributed by atoms with Crippen molar-refractivity contribution in [2.45, 2.75) is 25.0 Å². The van der Waals surface area contributed by atoms with E-state index in [2.05, 4.69) is 13.8 Å². The molecule has 2 heterocycles. The van der Waals surface area contributed by atoms with Crippen molar-refractivity contribution < 1.29 is 14.3 Å². The van der Waals surface area contributed by atoms with Gasteiger partial charge in [0.15, 0.2) is 11.5 Å². The first-order valence-electron chi connectivity index (χ1n) is 7.09. The average Bonchev–Trinajstić information content (AvgIpc) is 2.79. The van der Waals surface area contributed by atoms with Crippen LogP contribution in [0.1, 0.15) is 30.6 Å². The lowest BCUT2D eigenvalue weighted by atomic mass is 10.1. The second kappa shape index (κ2) is 5.33. The molecule has 3 rings (SSSR count).